The Labute approximate surface area is 196 Å². The van der Waals surface area contributed by atoms with E-state index in [4.69, 9.17) is 9.47 Å². The first-order chi connectivity index (χ1) is 15.8. The number of esters is 1. The maximum atomic E-state index is 13.3. The highest BCUT2D eigenvalue weighted by molar-refractivity contribution is 5.99. The molecule has 2 unspecified atom stereocenters. The topological polar surface area (TPSA) is 85.3 Å². The van der Waals surface area contributed by atoms with Crippen molar-refractivity contribution in [3.8, 4) is 5.75 Å². The van der Waals surface area contributed by atoms with E-state index in [0.717, 1.165) is 12.1 Å². The summed E-state index contributed by atoms with van der Waals surface area (Å²) in [6, 6.07) is 4.80. The first-order valence-corrected chi connectivity index (χ1v) is 10.8. The van der Waals surface area contributed by atoms with Crippen LogP contribution in [0.5, 0.6) is 5.75 Å². The molecular weight excluding hydrogens is 455 g/mol. The minimum atomic E-state index is -4.86. The molecule has 0 saturated heterocycles. The number of aliphatic carboxylic acids is 1. The molecule has 1 N–H and O–H groups in total. The monoisotopic (exact) mass is 485 g/mol. The van der Waals surface area contributed by atoms with E-state index in [9.17, 15) is 27.9 Å². The van der Waals surface area contributed by atoms with E-state index < -0.39 is 30.0 Å². The molecule has 0 amide bonds. The Morgan fingerprint density at radius 2 is 1.65 bits per heavy atom. The molecule has 1 heterocycles. The van der Waals surface area contributed by atoms with Gasteiger partial charge in [-0.3, -0.25) is 0 Å². The number of nitrogens with zero attached hydrogens (tertiary/aromatic N) is 1. The summed E-state index contributed by atoms with van der Waals surface area (Å²) in [5, 5.41) is 10.0. The van der Waals surface area contributed by atoms with Crippen LogP contribution in [0.1, 0.15) is 46.1 Å². The van der Waals surface area contributed by atoms with E-state index >= 15 is 0 Å². The van der Waals surface area contributed by atoms with Gasteiger partial charge in [-0.25, -0.2) is 9.59 Å². The van der Waals surface area contributed by atoms with Crippen molar-refractivity contribution in [2.75, 3.05) is 20.3 Å². The van der Waals surface area contributed by atoms with Crippen LogP contribution >= 0.6 is 0 Å². The van der Waals surface area contributed by atoms with Gasteiger partial charge in [0.1, 0.15) is 12.4 Å². The Morgan fingerprint density at radius 1 is 1.09 bits per heavy atom. The van der Waals surface area contributed by atoms with Crippen LogP contribution in [0.2, 0.25) is 0 Å². The number of alkyl halides is 3. The highest BCUT2D eigenvalue weighted by atomic mass is 19.4. The van der Waals surface area contributed by atoms with Crippen molar-refractivity contribution in [1.82, 2.24) is 4.90 Å². The molecule has 7 nitrogen and oxygen atoms in total. The number of ether oxygens (including phenoxy) is 3. The lowest BCUT2D eigenvalue weighted by Gasteiger charge is -2.37. The number of carbonyl (C=O) groups excluding carboxylic acids is 1. The van der Waals surface area contributed by atoms with Gasteiger partial charge >= 0.3 is 18.3 Å². The van der Waals surface area contributed by atoms with Crippen molar-refractivity contribution in [3.63, 3.8) is 0 Å². The fourth-order valence-electron chi connectivity index (χ4n) is 4.09. The molecule has 2 atom stereocenters. The average Bonchev–Trinajstić information content (AvgIpc) is 2.72. The van der Waals surface area contributed by atoms with E-state index in [0.29, 0.717) is 23.5 Å². The van der Waals surface area contributed by atoms with Crippen LogP contribution in [0.25, 0.3) is 0 Å². The number of hydrogen-bond acceptors (Lipinski definition) is 6. The minimum Gasteiger partial charge on any atom is -0.478 e. The predicted octanol–water partition coefficient (Wildman–Crippen LogP) is 4.85. The fraction of sp³-hybridized carbons (Fsp3) is 0.500. The largest absolute Gasteiger partial charge is 0.573 e. The molecule has 1 aliphatic rings. The molecule has 0 spiro atoms. The lowest BCUT2D eigenvalue weighted by Crippen LogP contribution is -2.35. The summed E-state index contributed by atoms with van der Waals surface area (Å²) < 4.78 is 52.5. The van der Waals surface area contributed by atoms with Crippen molar-refractivity contribution in [2.45, 2.75) is 53.0 Å². The molecule has 0 fully saturated rings. The van der Waals surface area contributed by atoms with Gasteiger partial charge in [0.05, 0.1) is 23.2 Å². The number of benzene rings is 1. The molecule has 1 aromatic carbocycles. The van der Waals surface area contributed by atoms with Crippen LogP contribution in [0.15, 0.2) is 46.8 Å². The van der Waals surface area contributed by atoms with Gasteiger partial charge in [-0.1, -0.05) is 26.0 Å². The number of carbonyl (C=O) groups is 2. The summed E-state index contributed by atoms with van der Waals surface area (Å²) in [4.78, 5) is 27.3. The van der Waals surface area contributed by atoms with Gasteiger partial charge in [0, 0.05) is 25.0 Å². The van der Waals surface area contributed by atoms with Crippen LogP contribution in [0.3, 0.4) is 0 Å². The van der Waals surface area contributed by atoms with Gasteiger partial charge in [0.15, 0.2) is 0 Å². The van der Waals surface area contributed by atoms with E-state index in [1.807, 2.05) is 20.8 Å². The van der Waals surface area contributed by atoms with Crippen molar-refractivity contribution in [1.29, 1.82) is 0 Å². The maximum absolute atomic E-state index is 13.3. The van der Waals surface area contributed by atoms with Crippen LogP contribution in [-0.2, 0) is 19.1 Å². The predicted molar refractivity (Wildman–Crippen MR) is 118 cm³/mol. The van der Waals surface area contributed by atoms with Crippen LogP contribution in [0.4, 0.5) is 13.2 Å². The molecule has 1 aliphatic heterocycles. The van der Waals surface area contributed by atoms with Crippen molar-refractivity contribution in [3.05, 3.63) is 52.4 Å². The molecule has 0 aromatic heterocycles. The third-order valence-electron chi connectivity index (χ3n) is 5.81. The number of allylic oxidation sites excluding steroid dienone is 2. The zero-order chi connectivity index (χ0) is 25.8. The molecule has 0 saturated carbocycles. The van der Waals surface area contributed by atoms with Crippen molar-refractivity contribution in [2.24, 2.45) is 5.92 Å². The van der Waals surface area contributed by atoms with E-state index in [2.05, 4.69) is 4.74 Å². The Morgan fingerprint density at radius 3 is 2.09 bits per heavy atom. The lowest BCUT2D eigenvalue weighted by atomic mass is 9.79. The molecule has 188 valence electrons. The van der Waals surface area contributed by atoms with Gasteiger partial charge in [0.25, 0.3) is 0 Å². The number of methoxy groups -OCH3 is 1. The quantitative estimate of drug-likeness (QED) is 0.501. The second-order valence-electron chi connectivity index (χ2n) is 8.21. The first kappa shape index (κ1) is 27.2. The van der Waals surface area contributed by atoms with Gasteiger partial charge in [-0.15, -0.1) is 13.2 Å². The molecule has 0 radical (unpaired) electrons. The van der Waals surface area contributed by atoms with Crippen molar-refractivity contribution < 1.29 is 42.1 Å². The summed E-state index contributed by atoms with van der Waals surface area (Å²) in [5.41, 5.74) is 1.31. The highest BCUT2D eigenvalue weighted by Gasteiger charge is 2.40. The number of rotatable bonds is 9. The third-order valence-corrected chi connectivity index (χ3v) is 5.81. The van der Waals surface area contributed by atoms with E-state index in [1.165, 1.54) is 19.2 Å². The SMILES string of the molecule is CCN1C(C)=C(C(=O)O)C(c2ccc(OC(F)(F)F)cc2)C(C(=O)OCC(OC)C(C)C)=C1C. The minimum absolute atomic E-state index is 0.0356. The average molecular weight is 485 g/mol. The Bertz CT molecular complexity index is 966. The zero-order valence-corrected chi connectivity index (χ0v) is 20.0. The molecular formula is C24H30F3NO6. The number of halogens is 3. The van der Waals surface area contributed by atoms with Gasteiger partial charge in [-0.2, -0.15) is 0 Å². The fourth-order valence-corrected chi connectivity index (χ4v) is 4.09. The van der Waals surface area contributed by atoms with Crippen LogP contribution in [-0.4, -0.2) is 54.7 Å². The molecule has 0 aliphatic carbocycles. The van der Waals surface area contributed by atoms with E-state index in [-0.39, 0.29) is 29.8 Å². The zero-order valence-electron chi connectivity index (χ0n) is 20.0. The molecule has 2 rings (SSSR count). The highest BCUT2D eigenvalue weighted by Crippen LogP contribution is 2.43. The normalized spacial score (nSPS) is 17.8. The van der Waals surface area contributed by atoms with Crippen molar-refractivity contribution >= 4 is 11.9 Å². The number of carboxylic acids is 1. The molecule has 10 heteroatoms. The van der Waals surface area contributed by atoms with Crippen LogP contribution in [0, 0.1) is 5.92 Å². The first-order valence-electron chi connectivity index (χ1n) is 10.8. The molecule has 0 bridgehead atoms. The smallest absolute Gasteiger partial charge is 0.478 e. The van der Waals surface area contributed by atoms with E-state index in [1.54, 1.807) is 18.7 Å². The standard InChI is InChI=1S/C24H30F3NO6/c1-7-28-14(4)19(22(29)30)21(16-8-10-17(11-9-16)34-24(25,26)27)20(15(28)5)23(31)33-12-18(32-6)13(2)3/h8-11,13,18,21H,7,12H2,1-6H3,(H,29,30). The summed E-state index contributed by atoms with van der Waals surface area (Å²) in [6.45, 7) is 9.33. The van der Waals surface area contributed by atoms with Gasteiger partial charge in [0.2, 0.25) is 0 Å². The maximum Gasteiger partial charge on any atom is 0.573 e. The second kappa shape index (κ2) is 10.9. The Hall–Kier alpha value is -3.01. The molecule has 34 heavy (non-hydrogen) atoms. The number of hydrogen-bond donors (Lipinski definition) is 1. The van der Waals surface area contributed by atoms with Gasteiger partial charge in [-0.05, 0) is 44.4 Å². The third kappa shape index (κ3) is 6.11. The lowest BCUT2D eigenvalue weighted by molar-refractivity contribution is -0.274. The summed E-state index contributed by atoms with van der Waals surface area (Å²) in [5.74, 6) is -3.39. The Balaban J connectivity index is 2.55. The van der Waals surface area contributed by atoms with Gasteiger partial charge < -0.3 is 24.2 Å². The summed E-state index contributed by atoms with van der Waals surface area (Å²) in [7, 11) is 1.50. The van der Waals surface area contributed by atoms with Crippen LogP contribution < -0.4 is 4.74 Å². The second-order valence-corrected chi connectivity index (χ2v) is 8.21. The molecule has 1 aromatic rings. The summed E-state index contributed by atoms with van der Waals surface area (Å²) >= 11 is 0. The summed E-state index contributed by atoms with van der Waals surface area (Å²) in [6.07, 6.45) is -5.22. The Kier molecular flexibility index (Phi) is 8.77. The number of carboxylic acid groups (broad SMARTS) is 1.